The highest BCUT2D eigenvalue weighted by atomic mass is 16.5. The summed E-state index contributed by atoms with van der Waals surface area (Å²) in [5, 5.41) is 17.3. The Morgan fingerprint density at radius 1 is 1.00 bits per heavy atom. The molecule has 0 aromatic heterocycles. The number of methoxy groups -OCH3 is 2. The molecule has 0 bridgehead atoms. The monoisotopic (exact) mass is 440 g/mol. The van der Waals surface area contributed by atoms with Gasteiger partial charge in [0.15, 0.2) is 17.5 Å². The molecule has 3 rings (SSSR count). The van der Waals surface area contributed by atoms with Crippen molar-refractivity contribution in [2.45, 2.75) is 31.9 Å². The summed E-state index contributed by atoms with van der Waals surface area (Å²) in [7, 11) is 3.19. The predicted molar refractivity (Wildman–Crippen MR) is 128 cm³/mol. The Morgan fingerprint density at radius 3 is 2.38 bits per heavy atom. The molecule has 2 aromatic carbocycles. The maximum atomic E-state index is 10.7. The lowest BCUT2D eigenvalue weighted by molar-refractivity contribution is 0.180. The Bertz CT molecular complexity index is 854. The summed E-state index contributed by atoms with van der Waals surface area (Å²) in [5.41, 5.74) is 2.05. The molecule has 1 fully saturated rings. The van der Waals surface area contributed by atoms with Crippen LogP contribution in [0.1, 0.15) is 43.0 Å². The van der Waals surface area contributed by atoms with Crippen molar-refractivity contribution in [2.24, 2.45) is 4.99 Å². The Balaban J connectivity index is 1.67. The first-order valence-electron chi connectivity index (χ1n) is 11.4. The quantitative estimate of drug-likeness (QED) is 0.389. The maximum Gasteiger partial charge on any atom is 0.191 e. The minimum atomic E-state index is -0.706. The zero-order valence-electron chi connectivity index (χ0n) is 19.4. The molecule has 3 N–H and O–H groups in total. The molecule has 2 aromatic rings. The molecule has 7 heteroatoms. The molecule has 0 spiro atoms. The fourth-order valence-corrected chi connectivity index (χ4v) is 4.05. The number of guanidine groups is 1. The smallest absolute Gasteiger partial charge is 0.191 e. The van der Waals surface area contributed by atoms with Gasteiger partial charge in [0.05, 0.1) is 32.9 Å². The molecule has 32 heavy (non-hydrogen) atoms. The number of aliphatic hydroxyl groups excluding tert-OH is 1. The summed E-state index contributed by atoms with van der Waals surface area (Å²) >= 11 is 0. The second-order valence-corrected chi connectivity index (χ2v) is 7.90. The number of likely N-dealkylation sites (tertiary alicyclic amines) is 1. The third-order valence-corrected chi connectivity index (χ3v) is 5.79. The lowest BCUT2D eigenvalue weighted by Gasteiger charge is -2.27. The van der Waals surface area contributed by atoms with Crippen LogP contribution in [0.4, 0.5) is 0 Å². The van der Waals surface area contributed by atoms with E-state index in [1.807, 2.05) is 13.0 Å². The van der Waals surface area contributed by atoms with E-state index in [9.17, 15) is 5.11 Å². The van der Waals surface area contributed by atoms with Crippen LogP contribution in [0, 0.1) is 0 Å². The maximum absolute atomic E-state index is 10.7. The van der Waals surface area contributed by atoms with Crippen LogP contribution in [0.15, 0.2) is 53.5 Å². The number of aliphatic imine (C=N–C) groups is 1. The molecule has 0 radical (unpaired) electrons. The molecule has 1 aliphatic rings. The SMILES string of the molecule is CCNC(=NCC(c1ccccc1)N1CCCC1)NCC(O)c1ccc(OC)c(OC)c1. The topological polar surface area (TPSA) is 78.4 Å². The molecule has 0 amide bonds. The number of hydrogen-bond acceptors (Lipinski definition) is 5. The molecular weight excluding hydrogens is 404 g/mol. The van der Waals surface area contributed by atoms with Gasteiger partial charge in [0, 0.05) is 13.1 Å². The second-order valence-electron chi connectivity index (χ2n) is 7.90. The van der Waals surface area contributed by atoms with Gasteiger partial charge in [-0.05, 0) is 56.1 Å². The fourth-order valence-electron chi connectivity index (χ4n) is 4.05. The van der Waals surface area contributed by atoms with Gasteiger partial charge in [0.25, 0.3) is 0 Å². The van der Waals surface area contributed by atoms with E-state index >= 15 is 0 Å². The van der Waals surface area contributed by atoms with Gasteiger partial charge in [0.2, 0.25) is 0 Å². The van der Waals surface area contributed by atoms with Gasteiger partial charge < -0.3 is 25.2 Å². The van der Waals surface area contributed by atoms with Crippen LogP contribution in [-0.4, -0.2) is 62.9 Å². The number of nitrogens with one attached hydrogen (secondary N) is 2. The van der Waals surface area contributed by atoms with E-state index in [4.69, 9.17) is 14.5 Å². The molecule has 1 heterocycles. The summed E-state index contributed by atoms with van der Waals surface area (Å²) in [6, 6.07) is 16.3. The highest BCUT2D eigenvalue weighted by Crippen LogP contribution is 2.30. The van der Waals surface area contributed by atoms with Crippen LogP contribution in [0.25, 0.3) is 0 Å². The standard InChI is InChI=1S/C25H36N4O3/c1-4-26-25(28-18-22(30)20-12-13-23(31-2)24(16-20)32-3)27-17-21(29-14-8-9-15-29)19-10-6-5-7-11-19/h5-7,10-13,16,21-22,30H,4,8-9,14-15,17-18H2,1-3H3,(H2,26,27,28). The van der Waals surface area contributed by atoms with Crippen molar-refractivity contribution in [1.82, 2.24) is 15.5 Å². The van der Waals surface area contributed by atoms with Crippen LogP contribution in [-0.2, 0) is 0 Å². The summed E-state index contributed by atoms with van der Waals surface area (Å²) in [4.78, 5) is 7.37. The highest BCUT2D eigenvalue weighted by molar-refractivity contribution is 5.79. The lowest BCUT2D eigenvalue weighted by atomic mass is 10.1. The van der Waals surface area contributed by atoms with Gasteiger partial charge in [-0.3, -0.25) is 9.89 Å². The van der Waals surface area contributed by atoms with E-state index in [2.05, 4.69) is 45.9 Å². The normalized spacial score (nSPS) is 16.4. The van der Waals surface area contributed by atoms with Crippen LogP contribution in [0.5, 0.6) is 11.5 Å². The summed E-state index contributed by atoms with van der Waals surface area (Å²) in [6.45, 7) is 6.00. The van der Waals surface area contributed by atoms with Crippen LogP contribution >= 0.6 is 0 Å². The van der Waals surface area contributed by atoms with Crippen molar-refractivity contribution in [2.75, 3.05) is 46.9 Å². The Kier molecular flexibility index (Phi) is 9.19. The van der Waals surface area contributed by atoms with Crippen molar-refractivity contribution in [1.29, 1.82) is 0 Å². The second kappa shape index (κ2) is 12.3. The predicted octanol–water partition coefficient (Wildman–Crippen LogP) is 3.13. The number of hydrogen-bond donors (Lipinski definition) is 3. The number of aliphatic hydroxyl groups is 1. The minimum Gasteiger partial charge on any atom is -0.493 e. The summed E-state index contributed by atoms with van der Waals surface area (Å²) < 4.78 is 10.6. The summed E-state index contributed by atoms with van der Waals surface area (Å²) in [5.74, 6) is 1.94. The number of nitrogens with zero attached hydrogens (tertiary/aromatic N) is 2. The molecule has 1 aliphatic heterocycles. The fraction of sp³-hybridized carbons (Fsp3) is 0.480. The molecule has 7 nitrogen and oxygen atoms in total. The van der Waals surface area contributed by atoms with Gasteiger partial charge in [0.1, 0.15) is 0 Å². The molecule has 1 saturated heterocycles. The van der Waals surface area contributed by atoms with E-state index in [-0.39, 0.29) is 6.04 Å². The molecule has 2 unspecified atom stereocenters. The third kappa shape index (κ3) is 6.37. The number of benzene rings is 2. The van der Waals surface area contributed by atoms with Gasteiger partial charge >= 0.3 is 0 Å². The minimum absolute atomic E-state index is 0.255. The number of ether oxygens (including phenoxy) is 2. The van der Waals surface area contributed by atoms with E-state index in [0.29, 0.717) is 30.5 Å². The molecule has 2 atom stereocenters. The first-order chi connectivity index (χ1) is 15.7. The Hall–Kier alpha value is -2.77. The van der Waals surface area contributed by atoms with Gasteiger partial charge in [-0.25, -0.2) is 0 Å². The summed E-state index contributed by atoms with van der Waals surface area (Å²) in [6.07, 6.45) is 1.77. The number of rotatable bonds is 10. The van der Waals surface area contributed by atoms with Crippen LogP contribution < -0.4 is 20.1 Å². The van der Waals surface area contributed by atoms with Crippen molar-refractivity contribution < 1.29 is 14.6 Å². The first kappa shape index (κ1) is 23.9. The highest BCUT2D eigenvalue weighted by Gasteiger charge is 2.23. The zero-order chi connectivity index (χ0) is 22.8. The average molecular weight is 441 g/mol. The Labute approximate surface area is 191 Å². The van der Waals surface area contributed by atoms with Crippen molar-refractivity contribution in [3.8, 4) is 11.5 Å². The molecule has 174 valence electrons. The van der Waals surface area contributed by atoms with Crippen molar-refractivity contribution in [3.63, 3.8) is 0 Å². The molecular formula is C25H36N4O3. The van der Waals surface area contributed by atoms with E-state index < -0.39 is 6.10 Å². The first-order valence-corrected chi connectivity index (χ1v) is 11.4. The largest absolute Gasteiger partial charge is 0.493 e. The van der Waals surface area contributed by atoms with E-state index in [1.165, 1.54) is 18.4 Å². The third-order valence-electron chi connectivity index (χ3n) is 5.79. The van der Waals surface area contributed by atoms with E-state index in [1.54, 1.807) is 26.4 Å². The zero-order valence-corrected chi connectivity index (χ0v) is 19.4. The molecule has 0 aliphatic carbocycles. The van der Waals surface area contributed by atoms with Crippen molar-refractivity contribution in [3.05, 3.63) is 59.7 Å². The molecule has 0 saturated carbocycles. The average Bonchev–Trinajstić information content (AvgIpc) is 3.37. The van der Waals surface area contributed by atoms with Crippen LogP contribution in [0.2, 0.25) is 0 Å². The van der Waals surface area contributed by atoms with Gasteiger partial charge in [-0.2, -0.15) is 0 Å². The van der Waals surface area contributed by atoms with Gasteiger partial charge in [-0.1, -0.05) is 36.4 Å². The Morgan fingerprint density at radius 2 is 1.72 bits per heavy atom. The van der Waals surface area contributed by atoms with Crippen molar-refractivity contribution >= 4 is 5.96 Å². The van der Waals surface area contributed by atoms with Gasteiger partial charge in [-0.15, -0.1) is 0 Å². The van der Waals surface area contributed by atoms with Crippen LogP contribution in [0.3, 0.4) is 0 Å². The lowest BCUT2D eigenvalue weighted by Crippen LogP contribution is -2.40. The van der Waals surface area contributed by atoms with E-state index in [0.717, 1.165) is 25.2 Å².